The maximum atomic E-state index is 12.0. The second-order valence-corrected chi connectivity index (χ2v) is 7.76. The van der Waals surface area contributed by atoms with Crippen LogP contribution in [0.5, 0.6) is 0 Å². The molecule has 0 saturated carbocycles. The molecule has 0 aliphatic heterocycles. The number of anilines is 1. The minimum absolute atomic E-state index is 0. The second kappa shape index (κ2) is 13.6. The van der Waals surface area contributed by atoms with Crippen molar-refractivity contribution in [2.45, 2.75) is 39.3 Å². The molecule has 0 aliphatic carbocycles. The second-order valence-electron chi connectivity index (χ2n) is 7.76. The van der Waals surface area contributed by atoms with E-state index in [2.05, 4.69) is 26.3 Å². The highest BCUT2D eigenvalue weighted by atomic mass is 127. The first-order valence-corrected chi connectivity index (χ1v) is 10.1. The van der Waals surface area contributed by atoms with Crippen molar-refractivity contribution in [2.75, 3.05) is 25.5 Å². The molecule has 0 aliphatic rings. The van der Waals surface area contributed by atoms with Gasteiger partial charge in [-0.3, -0.25) is 9.79 Å². The molecule has 176 valence electrons. The zero-order valence-electron chi connectivity index (χ0n) is 18.9. The van der Waals surface area contributed by atoms with Crippen LogP contribution in [-0.4, -0.2) is 43.7 Å². The van der Waals surface area contributed by atoms with E-state index in [0.29, 0.717) is 31.3 Å². The lowest BCUT2D eigenvalue weighted by Gasteiger charge is -2.19. The number of furan rings is 1. The summed E-state index contributed by atoms with van der Waals surface area (Å²) < 4.78 is 10.3. The van der Waals surface area contributed by atoms with Crippen LogP contribution in [0.4, 0.5) is 10.5 Å². The molecule has 10 heteroatoms. The van der Waals surface area contributed by atoms with Gasteiger partial charge in [0.15, 0.2) is 11.7 Å². The van der Waals surface area contributed by atoms with Gasteiger partial charge >= 0.3 is 6.09 Å². The van der Waals surface area contributed by atoms with E-state index in [1.807, 2.05) is 45.0 Å². The van der Waals surface area contributed by atoms with Gasteiger partial charge in [0, 0.05) is 32.4 Å². The Morgan fingerprint density at radius 2 is 1.72 bits per heavy atom. The molecule has 4 N–H and O–H groups in total. The van der Waals surface area contributed by atoms with Crippen molar-refractivity contribution >= 4 is 47.6 Å². The number of halogens is 1. The molecular formula is C22H32IN5O4. The van der Waals surface area contributed by atoms with Gasteiger partial charge in [-0.05, 0) is 57.0 Å². The number of benzene rings is 1. The summed E-state index contributed by atoms with van der Waals surface area (Å²) >= 11 is 0. The van der Waals surface area contributed by atoms with Crippen LogP contribution in [0.25, 0.3) is 0 Å². The molecule has 32 heavy (non-hydrogen) atoms. The van der Waals surface area contributed by atoms with E-state index in [-0.39, 0.29) is 35.6 Å². The predicted octanol–water partition coefficient (Wildman–Crippen LogP) is 3.73. The summed E-state index contributed by atoms with van der Waals surface area (Å²) in [6, 6.07) is 10.8. The monoisotopic (exact) mass is 557 g/mol. The van der Waals surface area contributed by atoms with Crippen LogP contribution in [0.2, 0.25) is 0 Å². The van der Waals surface area contributed by atoms with Gasteiger partial charge in [-0.25, -0.2) is 4.79 Å². The summed E-state index contributed by atoms with van der Waals surface area (Å²) in [6.07, 6.45) is 1.77. The molecule has 0 spiro atoms. The van der Waals surface area contributed by atoms with E-state index in [4.69, 9.17) is 9.15 Å². The van der Waals surface area contributed by atoms with Gasteiger partial charge in [0.1, 0.15) is 5.60 Å². The average molecular weight is 557 g/mol. The highest BCUT2D eigenvalue weighted by molar-refractivity contribution is 14.0. The molecule has 1 aromatic heterocycles. The first kappa shape index (κ1) is 27.3. The van der Waals surface area contributed by atoms with Gasteiger partial charge in [-0.2, -0.15) is 0 Å². The zero-order valence-corrected chi connectivity index (χ0v) is 21.2. The third kappa shape index (κ3) is 10.5. The third-order valence-corrected chi connectivity index (χ3v) is 3.95. The number of ether oxygens (including phenoxy) is 1. The number of nitrogens with zero attached hydrogens (tertiary/aromatic N) is 1. The Kier molecular flexibility index (Phi) is 11.6. The van der Waals surface area contributed by atoms with Crippen LogP contribution < -0.4 is 21.3 Å². The largest absolute Gasteiger partial charge is 0.459 e. The maximum Gasteiger partial charge on any atom is 0.407 e. The Morgan fingerprint density at radius 1 is 1.03 bits per heavy atom. The Labute approximate surface area is 205 Å². The fourth-order valence-corrected chi connectivity index (χ4v) is 2.51. The van der Waals surface area contributed by atoms with E-state index in [0.717, 1.165) is 12.0 Å². The average Bonchev–Trinajstić information content (AvgIpc) is 3.25. The normalized spacial score (nSPS) is 11.2. The van der Waals surface area contributed by atoms with Gasteiger partial charge in [-0.1, -0.05) is 12.1 Å². The lowest BCUT2D eigenvalue weighted by atomic mass is 10.2. The van der Waals surface area contributed by atoms with E-state index >= 15 is 0 Å². The Hall–Kier alpha value is -2.76. The number of nitrogens with one attached hydrogen (secondary N) is 4. The molecule has 1 heterocycles. The van der Waals surface area contributed by atoms with Crippen LogP contribution in [0, 0.1) is 0 Å². The number of aliphatic imine (C=N–C) groups is 1. The summed E-state index contributed by atoms with van der Waals surface area (Å²) in [5.41, 5.74) is 1.22. The van der Waals surface area contributed by atoms with Crippen molar-refractivity contribution in [3.05, 3.63) is 54.0 Å². The van der Waals surface area contributed by atoms with Crippen molar-refractivity contribution in [1.29, 1.82) is 0 Å². The number of hydrogen-bond donors (Lipinski definition) is 4. The molecule has 2 aromatic rings. The summed E-state index contributed by atoms with van der Waals surface area (Å²) in [5.74, 6) is 0.635. The van der Waals surface area contributed by atoms with E-state index in [9.17, 15) is 9.59 Å². The number of carbonyl (C=O) groups is 2. The number of alkyl carbamates (subject to hydrolysis) is 1. The molecule has 0 saturated heterocycles. The van der Waals surface area contributed by atoms with E-state index in [1.54, 1.807) is 19.2 Å². The minimum atomic E-state index is -0.502. The molecule has 0 fully saturated rings. The molecule has 2 amide bonds. The van der Waals surface area contributed by atoms with Crippen molar-refractivity contribution in [2.24, 2.45) is 4.99 Å². The van der Waals surface area contributed by atoms with Gasteiger partial charge in [0.2, 0.25) is 0 Å². The molecular weight excluding hydrogens is 525 g/mol. The maximum absolute atomic E-state index is 12.0. The van der Waals surface area contributed by atoms with Crippen molar-refractivity contribution in [1.82, 2.24) is 16.0 Å². The lowest BCUT2D eigenvalue weighted by molar-refractivity contribution is 0.0527. The van der Waals surface area contributed by atoms with Crippen LogP contribution in [0.15, 0.2) is 52.1 Å². The van der Waals surface area contributed by atoms with Crippen molar-refractivity contribution < 1.29 is 18.7 Å². The highest BCUT2D eigenvalue weighted by Crippen LogP contribution is 2.12. The molecule has 1 aromatic carbocycles. The number of carbonyl (C=O) groups excluding carboxylic acids is 2. The SMILES string of the molecule is CN=C(NCCCNC(=O)OC(C)(C)C)NCc1ccc(NC(=O)c2ccco2)cc1.I. The first-order valence-electron chi connectivity index (χ1n) is 10.1. The molecule has 0 unspecified atom stereocenters. The molecule has 2 rings (SSSR count). The number of guanidine groups is 1. The number of hydrogen-bond acceptors (Lipinski definition) is 5. The van der Waals surface area contributed by atoms with Crippen molar-refractivity contribution in [3.63, 3.8) is 0 Å². The van der Waals surface area contributed by atoms with Crippen molar-refractivity contribution in [3.8, 4) is 0 Å². The standard InChI is InChI=1S/C22H31N5O4.HI/c1-22(2,3)31-21(29)25-13-6-12-24-20(23-4)26-15-16-8-10-17(11-9-16)27-19(28)18-7-5-14-30-18;/h5,7-11,14H,6,12-13,15H2,1-4H3,(H,25,29)(H,27,28)(H2,23,24,26);1H. The van der Waals surface area contributed by atoms with Gasteiger partial charge < -0.3 is 30.4 Å². The summed E-state index contributed by atoms with van der Waals surface area (Å²) in [4.78, 5) is 27.8. The van der Waals surface area contributed by atoms with Crippen LogP contribution in [0.3, 0.4) is 0 Å². The Bertz CT molecular complexity index is 861. The first-order chi connectivity index (χ1) is 14.8. The Balaban J connectivity index is 0.00000512. The smallest absolute Gasteiger partial charge is 0.407 e. The van der Waals surface area contributed by atoms with Gasteiger partial charge in [0.25, 0.3) is 5.91 Å². The summed E-state index contributed by atoms with van der Waals surface area (Å²) in [6.45, 7) is 7.20. The molecule has 0 atom stereocenters. The molecule has 0 radical (unpaired) electrons. The summed E-state index contributed by atoms with van der Waals surface area (Å²) in [7, 11) is 1.70. The zero-order chi connectivity index (χ0) is 22.7. The van der Waals surface area contributed by atoms with Crippen LogP contribution in [-0.2, 0) is 11.3 Å². The lowest BCUT2D eigenvalue weighted by Crippen LogP contribution is -2.39. The molecule has 9 nitrogen and oxygen atoms in total. The van der Waals surface area contributed by atoms with Crippen LogP contribution in [0.1, 0.15) is 43.3 Å². The quantitative estimate of drug-likeness (QED) is 0.170. The van der Waals surface area contributed by atoms with Gasteiger partial charge in [-0.15, -0.1) is 24.0 Å². The highest BCUT2D eigenvalue weighted by Gasteiger charge is 2.15. The predicted molar refractivity (Wildman–Crippen MR) is 136 cm³/mol. The minimum Gasteiger partial charge on any atom is -0.459 e. The van der Waals surface area contributed by atoms with E-state index in [1.165, 1.54) is 6.26 Å². The Morgan fingerprint density at radius 3 is 2.31 bits per heavy atom. The summed E-state index contributed by atoms with van der Waals surface area (Å²) in [5, 5.41) is 11.9. The number of amides is 2. The fourth-order valence-electron chi connectivity index (χ4n) is 2.51. The van der Waals surface area contributed by atoms with E-state index < -0.39 is 11.7 Å². The fraction of sp³-hybridized carbons (Fsp3) is 0.409. The topological polar surface area (TPSA) is 117 Å². The van der Waals surface area contributed by atoms with Crippen LogP contribution >= 0.6 is 24.0 Å². The number of rotatable bonds is 8. The molecule has 0 bridgehead atoms. The van der Waals surface area contributed by atoms with Gasteiger partial charge in [0.05, 0.1) is 6.26 Å². The third-order valence-electron chi connectivity index (χ3n) is 3.95.